The van der Waals surface area contributed by atoms with Gasteiger partial charge in [-0.3, -0.25) is 4.57 Å². The number of hydrogen-bond acceptors (Lipinski definition) is 4. The van der Waals surface area contributed by atoms with E-state index in [9.17, 15) is 9.90 Å². The van der Waals surface area contributed by atoms with E-state index >= 15 is 0 Å². The molecule has 6 rings (SSSR count). The van der Waals surface area contributed by atoms with Gasteiger partial charge in [-0.2, -0.15) is 0 Å². The van der Waals surface area contributed by atoms with Gasteiger partial charge >= 0.3 is 5.69 Å². The van der Waals surface area contributed by atoms with Gasteiger partial charge in [-0.15, -0.1) is 0 Å². The highest BCUT2D eigenvalue weighted by atomic mass is 16.5. The van der Waals surface area contributed by atoms with Crippen LogP contribution in [0.15, 0.2) is 33.6 Å². The summed E-state index contributed by atoms with van der Waals surface area (Å²) >= 11 is 0. The quantitative estimate of drug-likeness (QED) is 0.749. The molecular weight excluding hydrogens is 282 g/mol. The molecule has 1 saturated carbocycles. The van der Waals surface area contributed by atoms with Crippen molar-refractivity contribution < 1.29 is 9.63 Å². The molecule has 22 heavy (non-hydrogen) atoms. The summed E-state index contributed by atoms with van der Waals surface area (Å²) in [5.74, 6) is 0.676. The first-order valence-electron chi connectivity index (χ1n) is 7.66. The fourth-order valence-electron chi connectivity index (χ4n) is 4.09. The second kappa shape index (κ2) is 4.03. The molecule has 0 unspecified atom stereocenters. The number of nitrogens with zero attached hydrogens (tertiary/aromatic N) is 3. The van der Waals surface area contributed by atoms with Crippen molar-refractivity contribution in [1.29, 1.82) is 0 Å². The molecule has 6 heteroatoms. The van der Waals surface area contributed by atoms with Crippen LogP contribution in [0.25, 0.3) is 16.8 Å². The first-order valence-corrected chi connectivity index (χ1v) is 7.66. The van der Waals surface area contributed by atoms with Gasteiger partial charge in [0.05, 0.1) is 11.1 Å². The van der Waals surface area contributed by atoms with E-state index in [1.54, 1.807) is 10.6 Å². The minimum Gasteiger partial charge on any atom is -0.493 e. The molecule has 4 heterocycles. The van der Waals surface area contributed by atoms with Crippen LogP contribution in [0.4, 0.5) is 0 Å². The van der Waals surface area contributed by atoms with Crippen molar-refractivity contribution in [2.24, 2.45) is 0 Å². The second-order valence-corrected chi connectivity index (χ2v) is 6.20. The Kier molecular flexibility index (Phi) is 2.21. The maximum Gasteiger partial charge on any atom is 0.337 e. The van der Waals surface area contributed by atoms with Gasteiger partial charge in [-0.25, -0.2) is 9.36 Å². The maximum atomic E-state index is 12.9. The number of hydrogen-bond donors (Lipinski definition) is 1. The molecule has 3 aliphatic rings. The highest BCUT2D eigenvalue weighted by Gasteiger charge is 2.39. The maximum absolute atomic E-state index is 12.9. The molecule has 0 saturated heterocycles. The van der Waals surface area contributed by atoms with Crippen LogP contribution in [-0.2, 0) is 0 Å². The Bertz CT molecular complexity index is 941. The fourth-order valence-corrected chi connectivity index (χ4v) is 4.09. The molecule has 2 aliphatic heterocycles. The van der Waals surface area contributed by atoms with Crippen molar-refractivity contribution in [1.82, 2.24) is 14.3 Å². The molecule has 0 spiro atoms. The zero-order valence-electron chi connectivity index (χ0n) is 11.9. The van der Waals surface area contributed by atoms with E-state index in [1.807, 2.05) is 18.2 Å². The molecule has 0 atom stereocenters. The van der Waals surface area contributed by atoms with E-state index in [2.05, 4.69) is 5.16 Å². The first kappa shape index (κ1) is 12.1. The number of aromatic hydroxyl groups is 1. The van der Waals surface area contributed by atoms with Crippen molar-refractivity contribution in [3.8, 4) is 11.7 Å². The fraction of sp³-hybridized carbons (Fsp3) is 0.375. The van der Waals surface area contributed by atoms with Gasteiger partial charge in [0, 0.05) is 12.0 Å². The van der Waals surface area contributed by atoms with Crippen LogP contribution in [0.3, 0.4) is 0 Å². The third-order valence-electron chi connectivity index (χ3n) is 5.12. The third-order valence-corrected chi connectivity index (χ3v) is 5.12. The third kappa shape index (κ3) is 1.35. The lowest BCUT2D eigenvalue weighted by atomic mass is 9.80. The standard InChI is InChI=1S/C16H15N3O3/c20-15-13-9-5-7-10(8-6-9)18(13)16(21)19(15)14-11-3-1-2-4-12(11)22-17-14/h1-4,9-10,20H,5-8H2. The normalized spacial score (nSPS) is 23.1. The predicted octanol–water partition coefficient (Wildman–Crippen LogP) is 2.70. The Balaban J connectivity index is 1.84. The molecule has 6 nitrogen and oxygen atoms in total. The lowest BCUT2D eigenvalue weighted by molar-refractivity contribution is 0.249. The summed E-state index contributed by atoms with van der Waals surface area (Å²) in [5.41, 5.74) is 1.18. The van der Waals surface area contributed by atoms with Crippen LogP contribution in [-0.4, -0.2) is 19.4 Å². The summed E-state index contributed by atoms with van der Waals surface area (Å²) in [4.78, 5) is 12.9. The van der Waals surface area contributed by atoms with Gasteiger partial charge in [0.25, 0.3) is 0 Å². The monoisotopic (exact) mass is 297 g/mol. The molecule has 1 aliphatic carbocycles. The van der Waals surface area contributed by atoms with Gasteiger partial charge in [-0.05, 0) is 37.8 Å². The summed E-state index contributed by atoms with van der Waals surface area (Å²) in [5, 5.41) is 15.4. The van der Waals surface area contributed by atoms with Crippen LogP contribution < -0.4 is 5.69 Å². The van der Waals surface area contributed by atoms with Gasteiger partial charge in [-0.1, -0.05) is 17.3 Å². The van der Waals surface area contributed by atoms with Crippen molar-refractivity contribution in [2.75, 3.05) is 0 Å². The summed E-state index contributed by atoms with van der Waals surface area (Å²) in [6, 6.07) is 7.57. The van der Waals surface area contributed by atoms with Crippen molar-refractivity contribution >= 4 is 11.0 Å². The SMILES string of the molecule is O=c1n(-c2noc3ccccc23)c(O)c2n1C1CCC2CC1. The highest BCUT2D eigenvalue weighted by Crippen LogP contribution is 2.47. The van der Waals surface area contributed by atoms with Gasteiger partial charge in [0.1, 0.15) is 0 Å². The summed E-state index contributed by atoms with van der Waals surface area (Å²) < 4.78 is 8.36. The van der Waals surface area contributed by atoms with Gasteiger partial charge in [0.15, 0.2) is 11.4 Å². The van der Waals surface area contributed by atoms with Crippen LogP contribution in [0.1, 0.15) is 43.3 Å². The van der Waals surface area contributed by atoms with Crippen molar-refractivity contribution in [3.63, 3.8) is 0 Å². The Hall–Kier alpha value is -2.50. The molecule has 2 aromatic heterocycles. The topological polar surface area (TPSA) is 73.2 Å². The lowest BCUT2D eigenvalue weighted by Crippen LogP contribution is -2.35. The molecule has 1 aromatic carbocycles. The average molecular weight is 297 g/mol. The number of rotatable bonds is 1. The second-order valence-electron chi connectivity index (χ2n) is 6.20. The van der Waals surface area contributed by atoms with Crippen LogP contribution in [0, 0.1) is 0 Å². The van der Waals surface area contributed by atoms with E-state index in [1.165, 1.54) is 4.57 Å². The first-order chi connectivity index (χ1) is 10.8. The van der Waals surface area contributed by atoms with E-state index < -0.39 is 0 Å². The average Bonchev–Trinajstić information content (AvgIpc) is 3.10. The Morgan fingerprint density at radius 1 is 1.18 bits per heavy atom. The Labute approximate surface area is 125 Å². The minimum atomic E-state index is -0.207. The van der Waals surface area contributed by atoms with E-state index in [4.69, 9.17) is 4.52 Å². The molecular formula is C16H15N3O3. The largest absolute Gasteiger partial charge is 0.493 e. The number of aromatic nitrogens is 3. The molecule has 3 aromatic rings. The van der Waals surface area contributed by atoms with Gasteiger partial charge < -0.3 is 9.63 Å². The zero-order chi connectivity index (χ0) is 14.8. The molecule has 112 valence electrons. The van der Waals surface area contributed by atoms with Crippen LogP contribution >= 0.6 is 0 Å². The predicted molar refractivity (Wildman–Crippen MR) is 79.5 cm³/mol. The molecule has 2 bridgehead atoms. The minimum absolute atomic E-state index is 0.0263. The number of fused-ring (bicyclic) bond motifs is 3. The van der Waals surface area contributed by atoms with E-state index in [0.717, 1.165) is 36.8 Å². The van der Waals surface area contributed by atoms with Crippen LogP contribution in [0.5, 0.6) is 5.88 Å². The van der Waals surface area contributed by atoms with E-state index in [-0.39, 0.29) is 23.5 Å². The molecule has 1 N–H and O–H groups in total. The molecule has 0 radical (unpaired) electrons. The van der Waals surface area contributed by atoms with E-state index in [0.29, 0.717) is 11.4 Å². The Morgan fingerprint density at radius 3 is 2.73 bits per heavy atom. The molecule has 0 amide bonds. The summed E-state index contributed by atoms with van der Waals surface area (Å²) in [6.07, 6.45) is 4.11. The Morgan fingerprint density at radius 2 is 1.95 bits per heavy atom. The lowest BCUT2D eigenvalue weighted by Gasteiger charge is -2.36. The number of benzene rings is 1. The summed E-state index contributed by atoms with van der Waals surface area (Å²) in [6.45, 7) is 0. The summed E-state index contributed by atoms with van der Waals surface area (Å²) in [7, 11) is 0. The molecule has 1 fully saturated rings. The van der Waals surface area contributed by atoms with Crippen molar-refractivity contribution in [3.05, 3.63) is 40.4 Å². The number of imidazole rings is 1. The van der Waals surface area contributed by atoms with Crippen LogP contribution in [0.2, 0.25) is 0 Å². The van der Waals surface area contributed by atoms with Crippen molar-refractivity contribution in [2.45, 2.75) is 37.6 Å². The zero-order valence-corrected chi connectivity index (χ0v) is 11.9. The highest BCUT2D eigenvalue weighted by molar-refractivity contribution is 5.84. The smallest absolute Gasteiger partial charge is 0.337 e. The number of para-hydroxylation sites is 1. The van der Waals surface area contributed by atoms with Gasteiger partial charge in [0.2, 0.25) is 5.88 Å².